The molecule has 29 heavy (non-hydrogen) atoms. The van der Waals surface area contributed by atoms with Crippen molar-refractivity contribution in [2.24, 2.45) is 11.8 Å². The Hall–Kier alpha value is -1.18. The van der Waals surface area contributed by atoms with Crippen LogP contribution >= 0.6 is 0 Å². The molecule has 0 bridgehead atoms. The van der Waals surface area contributed by atoms with Crippen molar-refractivity contribution in [3.05, 3.63) is 0 Å². The topological polar surface area (TPSA) is 85.9 Å². The molecular weight excluding hydrogens is 372 g/mol. The third kappa shape index (κ3) is 9.01. The number of ether oxygens (including phenoxy) is 3. The lowest BCUT2D eigenvalue weighted by Crippen LogP contribution is -2.43. The van der Waals surface area contributed by atoms with Crippen LogP contribution in [0.3, 0.4) is 0 Å². The number of nitrogens with one attached hydrogen (secondary N) is 2. The molecule has 2 N–H and O–H groups in total. The van der Waals surface area contributed by atoms with Crippen molar-refractivity contribution >= 4 is 11.8 Å². The maximum atomic E-state index is 12.3. The van der Waals surface area contributed by atoms with Crippen LogP contribution in [0.1, 0.15) is 66.2 Å². The zero-order valence-electron chi connectivity index (χ0n) is 18.8. The summed E-state index contributed by atoms with van der Waals surface area (Å²) in [6.45, 7) is 10.5. The van der Waals surface area contributed by atoms with E-state index in [2.05, 4.69) is 38.3 Å². The maximum absolute atomic E-state index is 12.3. The lowest BCUT2D eigenvalue weighted by atomic mass is 9.86. The first-order chi connectivity index (χ1) is 13.6. The van der Waals surface area contributed by atoms with E-state index in [4.69, 9.17) is 14.2 Å². The SMILES string of the molecule is COC(CNC(=O)CC1CCOC(C)(C)C1)CNC(=O)CC1CCOC(C)(C)C1. The van der Waals surface area contributed by atoms with Crippen LogP contribution in [-0.2, 0) is 23.8 Å². The zero-order chi connectivity index (χ0) is 21.5. The van der Waals surface area contributed by atoms with Crippen molar-refractivity contribution in [1.82, 2.24) is 10.6 Å². The van der Waals surface area contributed by atoms with Gasteiger partial charge in [0.2, 0.25) is 11.8 Å². The van der Waals surface area contributed by atoms with E-state index in [1.54, 1.807) is 7.11 Å². The second kappa shape index (κ2) is 10.7. The Labute approximate surface area is 175 Å². The Morgan fingerprint density at radius 1 is 0.897 bits per heavy atom. The molecule has 2 saturated heterocycles. The van der Waals surface area contributed by atoms with Gasteiger partial charge in [-0.3, -0.25) is 9.59 Å². The van der Waals surface area contributed by atoms with Crippen molar-refractivity contribution in [3.8, 4) is 0 Å². The monoisotopic (exact) mass is 412 g/mol. The van der Waals surface area contributed by atoms with Crippen LogP contribution in [0.2, 0.25) is 0 Å². The van der Waals surface area contributed by atoms with Gasteiger partial charge in [-0.1, -0.05) is 0 Å². The molecule has 0 aromatic rings. The van der Waals surface area contributed by atoms with Gasteiger partial charge in [-0.2, -0.15) is 0 Å². The van der Waals surface area contributed by atoms with Crippen molar-refractivity contribution in [1.29, 1.82) is 0 Å². The fourth-order valence-electron chi connectivity index (χ4n) is 4.43. The maximum Gasteiger partial charge on any atom is 0.220 e. The van der Waals surface area contributed by atoms with E-state index < -0.39 is 0 Å². The van der Waals surface area contributed by atoms with Crippen LogP contribution in [0.25, 0.3) is 0 Å². The highest BCUT2D eigenvalue weighted by Crippen LogP contribution is 2.31. The van der Waals surface area contributed by atoms with E-state index in [1.807, 2.05) is 0 Å². The van der Waals surface area contributed by atoms with E-state index in [0.717, 1.165) is 25.7 Å². The number of rotatable bonds is 9. The largest absolute Gasteiger partial charge is 0.378 e. The summed E-state index contributed by atoms with van der Waals surface area (Å²) >= 11 is 0. The lowest BCUT2D eigenvalue weighted by molar-refractivity contribution is -0.125. The van der Waals surface area contributed by atoms with E-state index in [9.17, 15) is 9.59 Å². The standard InChI is InChI=1S/C22H40N2O5/c1-21(2)12-16(6-8-28-21)10-19(25)23-14-18(27-5)15-24-20(26)11-17-7-9-29-22(3,4)13-17/h16-18H,6-15H2,1-5H3,(H,23,25)(H,24,26). The molecule has 2 atom stereocenters. The van der Waals surface area contributed by atoms with E-state index in [1.165, 1.54) is 0 Å². The number of amides is 2. The minimum absolute atomic E-state index is 0.0329. The average Bonchev–Trinajstić information content (AvgIpc) is 2.60. The molecule has 0 aromatic carbocycles. The summed E-state index contributed by atoms with van der Waals surface area (Å²) in [5.74, 6) is 0.766. The molecule has 0 saturated carbocycles. The molecule has 7 nitrogen and oxygen atoms in total. The van der Waals surface area contributed by atoms with Gasteiger partial charge < -0.3 is 24.8 Å². The molecule has 168 valence electrons. The summed E-state index contributed by atoms with van der Waals surface area (Å²) in [6.07, 6.45) is 4.41. The number of hydrogen-bond donors (Lipinski definition) is 2. The highest BCUT2D eigenvalue weighted by atomic mass is 16.5. The average molecular weight is 413 g/mol. The molecule has 2 fully saturated rings. The molecule has 2 amide bonds. The number of carbonyl (C=O) groups is 2. The Kier molecular flexibility index (Phi) is 8.91. The molecule has 2 heterocycles. The van der Waals surface area contributed by atoms with Crippen LogP contribution in [0.5, 0.6) is 0 Å². The predicted octanol–water partition coefficient (Wildman–Crippen LogP) is 2.42. The Balaban J connectivity index is 1.65. The smallest absolute Gasteiger partial charge is 0.220 e. The summed E-state index contributed by atoms with van der Waals surface area (Å²) in [5.41, 5.74) is -0.301. The minimum Gasteiger partial charge on any atom is -0.378 e. The predicted molar refractivity (Wildman–Crippen MR) is 112 cm³/mol. The third-order valence-corrected chi connectivity index (χ3v) is 5.93. The summed E-state index contributed by atoms with van der Waals surface area (Å²) in [5, 5.41) is 5.90. The first-order valence-corrected chi connectivity index (χ1v) is 10.9. The Morgan fingerprint density at radius 2 is 1.31 bits per heavy atom. The molecule has 0 radical (unpaired) electrons. The van der Waals surface area contributed by atoms with Crippen LogP contribution in [0.4, 0.5) is 0 Å². The van der Waals surface area contributed by atoms with Crippen molar-refractivity contribution < 1.29 is 23.8 Å². The van der Waals surface area contributed by atoms with Gasteiger partial charge in [-0.15, -0.1) is 0 Å². The summed E-state index contributed by atoms with van der Waals surface area (Å²) < 4.78 is 16.9. The molecule has 2 aliphatic heterocycles. The molecule has 7 heteroatoms. The van der Waals surface area contributed by atoms with Gasteiger partial charge >= 0.3 is 0 Å². The fraction of sp³-hybridized carbons (Fsp3) is 0.909. The highest BCUT2D eigenvalue weighted by molar-refractivity contribution is 5.77. The van der Waals surface area contributed by atoms with Gasteiger partial charge in [-0.25, -0.2) is 0 Å². The first-order valence-electron chi connectivity index (χ1n) is 10.9. The second-order valence-corrected chi connectivity index (χ2v) is 9.81. The lowest BCUT2D eigenvalue weighted by Gasteiger charge is -2.35. The molecule has 2 unspecified atom stereocenters. The molecule has 0 aromatic heterocycles. The van der Waals surface area contributed by atoms with Gasteiger partial charge in [0.1, 0.15) is 0 Å². The van der Waals surface area contributed by atoms with Crippen molar-refractivity contribution in [2.45, 2.75) is 83.5 Å². The first kappa shape index (κ1) is 24.1. The van der Waals surface area contributed by atoms with Gasteiger partial charge in [0.25, 0.3) is 0 Å². The summed E-state index contributed by atoms with van der Waals surface area (Å²) in [6, 6.07) is 0. The zero-order valence-corrected chi connectivity index (χ0v) is 18.8. The Bertz CT molecular complexity index is 503. The molecule has 0 spiro atoms. The fourth-order valence-corrected chi connectivity index (χ4v) is 4.43. The van der Waals surface area contributed by atoms with E-state index >= 15 is 0 Å². The molecule has 2 rings (SSSR count). The quantitative estimate of drug-likeness (QED) is 0.607. The van der Waals surface area contributed by atoms with Gasteiger partial charge in [0, 0.05) is 46.3 Å². The number of methoxy groups -OCH3 is 1. The van der Waals surface area contributed by atoms with Crippen LogP contribution in [-0.4, -0.2) is 62.5 Å². The van der Waals surface area contributed by atoms with Crippen LogP contribution in [0, 0.1) is 11.8 Å². The second-order valence-electron chi connectivity index (χ2n) is 9.81. The number of hydrogen-bond acceptors (Lipinski definition) is 5. The van der Waals surface area contributed by atoms with Gasteiger partial charge in [-0.05, 0) is 65.2 Å². The number of carbonyl (C=O) groups excluding carboxylic acids is 2. The summed E-state index contributed by atoms with van der Waals surface area (Å²) in [7, 11) is 1.60. The van der Waals surface area contributed by atoms with E-state index in [0.29, 0.717) is 51.0 Å². The van der Waals surface area contributed by atoms with Crippen molar-refractivity contribution in [2.75, 3.05) is 33.4 Å². The normalized spacial score (nSPS) is 27.1. The third-order valence-electron chi connectivity index (χ3n) is 5.93. The highest BCUT2D eigenvalue weighted by Gasteiger charge is 2.31. The van der Waals surface area contributed by atoms with Gasteiger partial charge in [0.15, 0.2) is 0 Å². The van der Waals surface area contributed by atoms with Gasteiger partial charge in [0.05, 0.1) is 17.3 Å². The van der Waals surface area contributed by atoms with Crippen LogP contribution < -0.4 is 10.6 Å². The molecular formula is C22H40N2O5. The minimum atomic E-state index is -0.236. The van der Waals surface area contributed by atoms with Crippen molar-refractivity contribution in [3.63, 3.8) is 0 Å². The Morgan fingerprint density at radius 3 is 1.66 bits per heavy atom. The van der Waals surface area contributed by atoms with E-state index in [-0.39, 0.29) is 29.1 Å². The molecule has 2 aliphatic rings. The van der Waals surface area contributed by atoms with Crippen LogP contribution in [0.15, 0.2) is 0 Å². The molecule has 0 aliphatic carbocycles. The summed E-state index contributed by atoms with van der Waals surface area (Å²) in [4.78, 5) is 24.6.